The largest absolute Gasteiger partial charge is 0.361 e. The zero-order chi connectivity index (χ0) is 17.6. The molecule has 0 aliphatic rings. The molecule has 0 saturated heterocycles. The molecule has 0 saturated carbocycles. The standard InChI is InChI=1S/C18H22FN5O/c1-13-20-8-10-24(13)9-2-6-21-18(25)22-7-5-14-12-23-17-4-3-15(19)11-16(14)17/h3-4,8,10-12,23H,2,5-7,9H2,1H3,(H2,21,22,25). The monoisotopic (exact) mass is 343 g/mol. The summed E-state index contributed by atoms with van der Waals surface area (Å²) in [6.45, 7) is 3.88. The lowest BCUT2D eigenvalue weighted by Crippen LogP contribution is -2.37. The van der Waals surface area contributed by atoms with Gasteiger partial charge in [0.2, 0.25) is 0 Å². The van der Waals surface area contributed by atoms with Crippen LogP contribution in [-0.4, -0.2) is 33.7 Å². The molecule has 1 aromatic carbocycles. The predicted octanol–water partition coefficient (Wildman–Crippen LogP) is 2.74. The first-order chi connectivity index (χ1) is 12.1. The summed E-state index contributed by atoms with van der Waals surface area (Å²) >= 11 is 0. The van der Waals surface area contributed by atoms with Crippen LogP contribution in [0.4, 0.5) is 9.18 Å². The van der Waals surface area contributed by atoms with Crippen LogP contribution < -0.4 is 10.6 Å². The fourth-order valence-electron chi connectivity index (χ4n) is 2.82. The van der Waals surface area contributed by atoms with Crippen molar-refractivity contribution in [2.45, 2.75) is 26.3 Å². The second-order valence-corrected chi connectivity index (χ2v) is 5.96. The van der Waals surface area contributed by atoms with Gasteiger partial charge in [0, 0.05) is 49.1 Å². The van der Waals surface area contributed by atoms with E-state index in [1.807, 2.05) is 19.3 Å². The van der Waals surface area contributed by atoms with E-state index < -0.39 is 0 Å². The average Bonchev–Trinajstić information content (AvgIpc) is 3.18. The van der Waals surface area contributed by atoms with Crippen molar-refractivity contribution in [2.24, 2.45) is 0 Å². The summed E-state index contributed by atoms with van der Waals surface area (Å²) in [6.07, 6.45) is 7.04. The quantitative estimate of drug-likeness (QED) is 0.577. The Kier molecular flexibility index (Phi) is 5.33. The first-order valence-corrected chi connectivity index (χ1v) is 8.38. The molecule has 0 fully saturated rings. The van der Waals surface area contributed by atoms with Crippen LogP contribution in [0.1, 0.15) is 17.8 Å². The summed E-state index contributed by atoms with van der Waals surface area (Å²) in [4.78, 5) is 19.1. The number of halogens is 1. The van der Waals surface area contributed by atoms with Crippen LogP contribution in [0.2, 0.25) is 0 Å². The highest BCUT2D eigenvalue weighted by atomic mass is 19.1. The van der Waals surface area contributed by atoms with E-state index in [1.54, 1.807) is 12.3 Å². The van der Waals surface area contributed by atoms with Gasteiger partial charge in [-0.1, -0.05) is 0 Å². The van der Waals surface area contributed by atoms with Gasteiger partial charge in [-0.15, -0.1) is 0 Å². The van der Waals surface area contributed by atoms with Gasteiger partial charge in [0.15, 0.2) is 0 Å². The lowest BCUT2D eigenvalue weighted by atomic mass is 10.1. The number of carbonyl (C=O) groups excluding carboxylic acids is 1. The van der Waals surface area contributed by atoms with E-state index in [0.29, 0.717) is 19.5 Å². The Bertz CT molecular complexity index is 854. The van der Waals surface area contributed by atoms with Gasteiger partial charge in [-0.25, -0.2) is 14.2 Å². The van der Waals surface area contributed by atoms with E-state index in [2.05, 4.69) is 25.2 Å². The number of nitrogens with zero attached hydrogens (tertiary/aromatic N) is 2. The number of aryl methyl sites for hydroxylation is 2. The summed E-state index contributed by atoms with van der Waals surface area (Å²) in [5, 5.41) is 6.53. The molecule has 3 N–H and O–H groups in total. The zero-order valence-corrected chi connectivity index (χ0v) is 14.2. The van der Waals surface area contributed by atoms with Gasteiger partial charge < -0.3 is 20.2 Å². The average molecular weight is 343 g/mol. The number of fused-ring (bicyclic) bond motifs is 1. The number of H-pyrrole nitrogens is 1. The molecule has 132 valence electrons. The molecule has 0 atom stereocenters. The Labute approximate surface area is 145 Å². The van der Waals surface area contributed by atoms with Crippen LogP contribution in [0, 0.1) is 12.7 Å². The molecule has 0 radical (unpaired) electrons. The third-order valence-electron chi connectivity index (χ3n) is 4.19. The van der Waals surface area contributed by atoms with Gasteiger partial charge in [0.1, 0.15) is 11.6 Å². The predicted molar refractivity (Wildman–Crippen MR) is 94.9 cm³/mol. The van der Waals surface area contributed by atoms with Gasteiger partial charge >= 0.3 is 6.03 Å². The van der Waals surface area contributed by atoms with Crippen molar-refractivity contribution in [2.75, 3.05) is 13.1 Å². The van der Waals surface area contributed by atoms with Crippen molar-refractivity contribution in [3.05, 3.63) is 54.0 Å². The number of amides is 2. The first-order valence-electron chi connectivity index (χ1n) is 8.38. The minimum atomic E-state index is -0.257. The van der Waals surface area contributed by atoms with Gasteiger partial charge in [-0.3, -0.25) is 0 Å². The highest BCUT2D eigenvalue weighted by Crippen LogP contribution is 2.19. The highest BCUT2D eigenvalue weighted by Gasteiger charge is 2.06. The molecular formula is C18H22FN5O. The maximum atomic E-state index is 13.3. The number of aromatic amines is 1. The van der Waals surface area contributed by atoms with Crippen LogP contribution in [0.3, 0.4) is 0 Å². The van der Waals surface area contributed by atoms with Gasteiger partial charge in [0.25, 0.3) is 0 Å². The van der Waals surface area contributed by atoms with Crippen LogP contribution in [0.25, 0.3) is 10.9 Å². The summed E-state index contributed by atoms with van der Waals surface area (Å²) < 4.78 is 15.4. The summed E-state index contributed by atoms with van der Waals surface area (Å²) in [7, 11) is 0. The molecule has 2 amide bonds. The van der Waals surface area contributed by atoms with Crippen LogP contribution in [0.15, 0.2) is 36.8 Å². The van der Waals surface area contributed by atoms with Crippen molar-refractivity contribution in [1.82, 2.24) is 25.2 Å². The van der Waals surface area contributed by atoms with E-state index in [0.717, 1.165) is 35.3 Å². The number of imidazole rings is 1. The Hall–Kier alpha value is -2.83. The fourth-order valence-corrected chi connectivity index (χ4v) is 2.82. The third kappa shape index (κ3) is 4.37. The van der Waals surface area contributed by atoms with Crippen molar-refractivity contribution < 1.29 is 9.18 Å². The minimum absolute atomic E-state index is 0.187. The Morgan fingerprint density at radius 2 is 2.16 bits per heavy atom. The highest BCUT2D eigenvalue weighted by molar-refractivity contribution is 5.83. The molecule has 2 aromatic heterocycles. The lowest BCUT2D eigenvalue weighted by Gasteiger charge is -2.08. The number of aromatic nitrogens is 3. The van der Waals surface area contributed by atoms with E-state index in [1.165, 1.54) is 12.1 Å². The summed E-state index contributed by atoms with van der Waals surface area (Å²) in [5.41, 5.74) is 1.89. The first kappa shape index (κ1) is 17.0. The SMILES string of the molecule is Cc1nccn1CCCNC(=O)NCCc1c[nH]c2ccc(F)cc12. The normalized spacial score (nSPS) is 11.0. The maximum Gasteiger partial charge on any atom is 0.314 e. The molecule has 7 heteroatoms. The molecule has 0 unspecified atom stereocenters. The minimum Gasteiger partial charge on any atom is -0.361 e. The molecule has 0 spiro atoms. The molecule has 2 heterocycles. The van der Waals surface area contributed by atoms with Crippen LogP contribution in [0.5, 0.6) is 0 Å². The van der Waals surface area contributed by atoms with E-state index in [4.69, 9.17) is 0 Å². The number of rotatable bonds is 7. The summed E-state index contributed by atoms with van der Waals surface area (Å²) in [5.74, 6) is 0.715. The lowest BCUT2D eigenvalue weighted by molar-refractivity contribution is 0.240. The van der Waals surface area contributed by atoms with E-state index in [-0.39, 0.29) is 11.8 Å². The van der Waals surface area contributed by atoms with Crippen molar-refractivity contribution >= 4 is 16.9 Å². The Morgan fingerprint density at radius 1 is 1.32 bits per heavy atom. The molecule has 3 rings (SSSR count). The van der Waals surface area contributed by atoms with Gasteiger partial charge in [-0.05, 0) is 43.5 Å². The number of hydrogen-bond donors (Lipinski definition) is 3. The zero-order valence-electron chi connectivity index (χ0n) is 14.2. The number of nitrogens with one attached hydrogen (secondary N) is 3. The molecule has 0 aliphatic heterocycles. The molecule has 6 nitrogen and oxygen atoms in total. The van der Waals surface area contributed by atoms with Crippen LogP contribution in [-0.2, 0) is 13.0 Å². The van der Waals surface area contributed by atoms with E-state index >= 15 is 0 Å². The second kappa shape index (κ2) is 7.83. The third-order valence-corrected chi connectivity index (χ3v) is 4.19. The molecular weight excluding hydrogens is 321 g/mol. The molecule has 25 heavy (non-hydrogen) atoms. The Balaban J connectivity index is 1.37. The van der Waals surface area contributed by atoms with Crippen molar-refractivity contribution in [3.63, 3.8) is 0 Å². The Morgan fingerprint density at radius 3 is 2.96 bits per heavy atom. The van der Waals surface area contributed by atoms with Crippen molar-refractivity contribution in [3.8, 4) is 0 Å². The second-order valence-electron chi connectivity index (χ2n) is 5.96. The number of hydrogen-bond acceptors (Lipinski definition) is 2. The maximum absolute atomic E-state index is 13.3. The van der Waals surface area contributed by atoms with Crippen molar-refractivity contribution in [1.29, 1.82) is 0 Å². The van der Waals surface area contributed by atoms with Crippen LogP contribution >= 0.6 is 0 Å². The number of urea groups is 1. The van der Waals surface area contributed by atoms with Gasteiger partial charge in [0.05, 0.1) is 0 Å². The molecule has 0 bridgehead atoms. The number of benzene rings is 1. The topological polar surface area (TPSA) is 74.7 Å². The fraction of sp³-hybridized carbons (Fsp3) is 0.333. The number of carbonyl (C=O) groups is 1. The molecule has 0 aliphatic carbocycles. The smallest absolute Gasteiger partial charge is 0.314 e. The summed E-state index contributed by atoms with van der Waals surface area (Å²) in [6, 6.07) is 4.48. The van der Waals surface area contributed by atoms with E-state index in [9.17, 15) is 9.18 Å². The van der Waals surface area contributed by atoms with Gasteiger partial charge in [-0.2, -0.15) is 0 Å². The molecule has 3 aromatic rings.